The van der Waals surface area contributed by atoms with Gasteiger partial charge in [-0.05, 0) is 32.4 Å². The molecule has 0 saturated carbocycles. The summed E-state index contributed by atoms with van der Waals surface area (Å²) < 4.78 is 5.63. The number of nitrogens with zero attached hydrogens (tertiary/aromatic N) is 3. The van der Waals surface area contributed by atoms with Gasteiger partial charge in [-0.1, -0.05) is 35.9 Å². The summed E-state index contributed by atoms with van der Waals surface area (Å²) in [5.74, 6) is 0.223. The van der Waals surface area contributed by atoms with Gasteiger partial charge in [0.25, 0.3) is 5.22 Å². The average Bonchev–Trinajstić information content (AvgIpc) is 3.06. The van der Waals surface area contributed by atoms with E-state index in [4.69, 9.17) is 4.42 Å². The summed E-state index contributed by atoms with van der Waals surface area (Å²) in [4.78, 5) is 25.2. The summed E-state index contributed by atoms with van der Waals surface area (Å²) in [5, 5.41) is 11.1. The van der Waals surface area contributed by atoms with Gasteiger partial charge in [-0.25, -0.2) is 0 Å². The van der Waals surface area contributed by atoms with Crippen LogP contribution in [-0.2, 0) is 9.59 Å². The fraction of sp³-hybridized carbons (Fsp3) is 0.444. The predicted octanol–water partition coefficient (Wildman–Crippen LogP) is 2.43. The summed E-state index contributed by atoms with van der Waals surface area (Å²) in [6.07, 6.45) is 0.860. The summed E-state index contributed by atoms with van der Waals surface area (Å²) in [5.41, 5.74) is 3.09. The molecule has 140 valence electrons. The van der Waals surface area contributed by atoms with Crippen LogP contribution in [0.2, 0.25) is 0 Å². The van der Waals surface area contributed by atoms with Crippen LogP contribution in [-0.4, -0.2) is 52.8 Å². The minimum atomic E-state index is -0.173. The highest BCUT2D eigenvalue weighted by molar-refractivity contribution is 7.99. The highest BCUT2D eigenvalue weighted by Gasteiger charge is 2.16. The molecular formula is C18H24N4O3S. The topological polar surface area (TPSA) is 88.3 Å². The number of carbonyl (C=O) groups is 2. The largest absolute Gasteiger partial charge is 0.411 e. The normalized spacial score (nSPS) is 10.6. The number of amides is 2. The molecule has 0 spiro atoms. The minimum absolute atomic E-state index is 0.0387. The van der Waals surface area contributed by atoms with Crippen LogP contribution in [0.5, 0.6) is 0 Å². The Bertz CT molecular complexity index is 755. The first-order chi connectivity index (χ1) is 12.4. The first-order valence-electron chi connectivity index (χ1n) is 8.44. The second kappa shape index (κ2) is 9.38. The lowest BCUT2D eigenvalue weighted by atomic mass is 10.1. The van der Waals surface area contributed by atoms with Gasteiger partial charge in [-0.2, -0.15) is 0 Å². The summed E-state index contributed by atoms with van der Waals surface area (Å²) in [6, 6.07) is 6.02. The zero-order valence-electron chi connectivity index (χ0n) is 15.5. The molecule has 0 aliphatic carbocycles. The van der Waals surface area contributed by atoms with E-state index >= 15 is 0 Å². The first-order valence-corrected chi connectivity index (χ1v) is 9.43. The van der Waals surface area contributed by atoms with Crippen LogP contribution in [0.1, 0.15) is 24.5 Å². The molecule has 2 amide bonds. The fourth-order valence-corrected chi connectivity index (χ4v) is 3.04. The molecule has 2 rings (SSSR count). The van der Waals surface area contributed by atoms with Crippen molar-refractivity contribution in [3.8, 4) is 11.5 Å². The van der Waals surface area contributed by atoms with E-state index in [0.717, 1.165) is 34.9 Å². The number of likely N-dealkylation sites (N-methyl/N-ethyl adjacent to an activating group) is 1. The van der Waals surface area contributed by atoms with Gasteiger partial charge in [0.05, 0.1) is 12.3 Å². The standard InChI is InChI=1S/C18H24N4O3S/c1-5-6-19-15(23)10-22(4)16(24)11-26-18-21-20-17(25-18)14-8-12(2)7-13(3)9-14/h7-9H,5-6,10-11H2,1-4H3,(H,19,23). The average molecular weight is 376 g/mol. The second-order valence-electron chi connectivity index (χ2n) is 6.14. The van der Waals surface area contributed by atoms with Crippen molar-refractivity contribution in [1.82, 2.24) is 20.4 Å². The lowest BCUT2D eigenvalue weighted by Gasteiger charge is -2.15. The Balaban J connectivity index is 1.89. The number of rotatable bonds is 8. The van der Waals surface area contributed by atoms with Crippen LogP contribution in [0.3, 0.4) is 0 Å². The fourth-order valence-electron chi connectivity index (χ4n) is 2.34. The third kappa shape index (κ3) is 5.87. The van der Waals surface area contributed by atoms with Crippen LogP contribution in [0, 0.1) is 13.8 Å². The highest BCUT2D eigenvalue weighted by atomic mass is 32.2. The molecule has 0 bridgehead atoms. The molecule has 8 heteroatoms. The minimum Gasteiger partial charge on any atom is -0.411 e. The smallest absolute Gasteiger partial charge is 0.277 e. The number of thioether (sulfide) groups is 1. The van der Waals surface area contributed by atoms with E-state index in [1.165, 1.54) is 4.90 Å². The maximum Gasteiger partial charge on any atom is 0.277 e. The van der Waals surface area contributed by atoms with Crippen molar-refractivity contribution in [3.63, 3.8) is 0 Å². The Morgan fingerprint density at radius 2 is 1.88 bits per heavy atom. The molecule has 0 unspecified atom stereocenters. The van der Waals surface area contributed by atoms with Gasteiger partial charge in [0.15, 0.2) is 0 Å². The summed E-state index contributed by atoms with van der Waals surface area (Å²) in [7, 11) is 1.60. The number of benzene rings is 1. The monoisotopic (exact) mass is 376 g/mol. The molecule has 0 aliphatic heterocycles. The molecule has 26 heavy (non-hydrogen) atoms. The maximum absolute atomic E-state index is 12.1. The zero-order chi connectivity index (χ0) is 19.1. The number of carbonyl (C=O) groups excluding carboxylic acids is 2. The van der Waals surface area contributed by atoms with Crippen molar-refractivity contribution in [2.45, 2.75) is 32.4 Å². The van der Waals surface area contributed by atoms with Crippen molar-refractivity contribution in [2.24, 2.45) is 0 Å². The van der Waals surface area contributed by atoms with E-state index in [9.17, 15) is 9.59 Å². The SMILES string of the molecule is CCCNC(=O)CN(C)C(=O)CSc1nnc(-c2cc(C)cc(C)c2)o1. The van der Waals surface area contributed by atoms with Gasteiger partial charge in [0, 0.05) is 19.2 Å². The zero-order valence-corrected chi connectivity index (χ0v) is 16.4. The van der Waals surface area contributed by atoms with E-state index < -0.39 is 0 Å². The van der Waals surface area contributed by atoms with Crippen LogP contribution in [0.15, 0.2) is 27.8 Å². The number of aromatic nitrogens is 2. The Morgan fingerprint density at radius 1 is 1.19 bits per heavy atom. The lowest BCUT2D eigenvalue weighted by Crippen LogP contribution is -2.39. The van der Waals surface area contributed by atoms with Crippen LogP contribution >= 0.6 is 11.8 Å². The van der Waals surface area contributed by atoms with Gasteiger partial charge in [-0.3, -0.25) is 9.59 Å². The van der Waals surface area contributed by atoms with Crippen LogP contribution in [0.25, 0.3) is 11.5 Å². The van der Waals surface area contributed by atoms with Crippen molar-refractivity contribution in [1.29, 1.82) is 0 Å². The van der Waals surface area contributed by atoms with Gasteiger partial charge in [0.1, 0.15) is 0 Å². The molecule has 1 aromatic carbocycles. The predicted molar refractivity (Wildman–Crippen MR) is 101 cm³/mol. The highest BCUT2D eigenvalue weighted by Crippen LogP contribution is 2.25. The summed E-state index contributed by atoms with van der Waals surface area (Å²) in [6.45, 7) is 6.64. The molecule has 1 N–H and O–H groups in total. The van der Waals surface area contributed by atoms with Crippen LogP contribution < -0.4 is 5.32 Å². The van der Waals surface area contributed by atoms with E-state index in [0.29, 0.717) is 17.7 Å². The van der Waals surface area contributed by atoms with Gasteiger partial charge in [-0.15, -0.1) is 10.2 Å². The Kier molecular flexibility index (Phi) is 7.20. The van der Waals surface area contributed by atoms with Gasteiger partial charge < -0.3 is 14.6 Å². The van der Waals surface area contributed by atoms with Crippen molar-refractivity contribution in [3.05, 3.63) is 29.3 Å². The molecule has 1 aromatic heterocycles. The van der Waals surface area contributed by atoms with Gasteiger partial charge in [0.2, 0.25) is 17.7 Å². The number of hydrogen-bond acceptors (Lipinski definition) is 6. The molecule has 0 fully saturated rings. The second-order valence-corrected chi connectivity index (χ2v) is 7.06. The van der Waals surface area contributed by atoms with Crippen molar-refractivity contribution >= 4 is 23.6 Å². The van der Waals surface area contributed by atoms with Crippen molar-refractivity contribution in [2.75, 3.05) is 25.9 Å². The third-order valence-electron chi connectivity index (χ3n) is 3.57. The Labute approximate surface area is 157 Å². The molecule has 0 saturated heterocycles. The van der Waals surface area contributed by atoms with Crippen molar-refractivity contribution < 1.29 is 14.0 Å². The Hall–Kier alpha value is -2.35. The number of aryl methyl sites for hydroxylation is 2. The summed E-state index contributed by atoms with van der Waals surface area (Å²) >= 11 is 1.16. The molecule has 2 aromatic rings. The number of hydrogen-bond donors (Lipinski definition) is 1. The van der Waals surface area contributed by atoms with E-state index in [1.54, 1.807) is 7.05 Å². The maximum atomic E-state index is 12.1. The van der Waals surface area contributed by atoms with Gasteiger partial charge >= 0.3 is 0 Å². The Morgan fingerprint density at radius 3 is 2.54 bits per heavy atom. The molecular weight excluding hydrogens is 352 g/mol. The molecule has 0 atom stereocenters. The number of nitrogens with one attached hydrogen (secondary N) is 1. The molecule has 1 heterocycles. The molecule has 0 aliphatic rings. The van der Waals surface area contributed by atoms with Crippen LogP contribution in [0.4, 0.5) is 0 Å². The molecule has 0 radical (unpaired) electrons. The lowest BCUT2D eigenvalue weighted by molar-refractivity contribution is -0.132. The quantitative estimate of drug-likeness (QED) is 0.712. The van der Waals surface area contributed by atoms with E-state index in [-0.39, 0.29) is 24.1 Å². The van der Waals surface area contributed by atoms with E-state index in [1.807, 2.05) is 32.9 Å². The van der Waals surface area contributed by atoms with E-state index in [2.05, 4.69) is 21.6 Å². The molecule has 7 nitrogen and oxygen atoms in total. The first kappa shape index (κ1) is 20.0. The third-order valence-corrected chi connectivity index (χ3v) is 4.38.